The zero-order chi connectivity index (χ0) is 12.0. The first-order valence-electron chi connectivity index (χ1n) is 4.71. The topological polar surface area (TPSA) is 50.1 Å². The van der Waals surface area contributed by atoms with Crippen LogP contribution in [0.3, 0.4) is 0 Å². The minimum atomic E-state index is -0.512. The van der Waals surface area contributed by atoms with Gasteiger partial charge in [-0.1, -0.05) is 0 Å². The molecule has 0 aliphatic heterocycles. The van der Waals surface area contributed by atoms with Gasteiger partial charge in [-0.3, -0.25) is 0 Å². The van der Waals surface area contributed by atoms with Gasteiger partial charge in [0.2, 0.25) is 0 Å². The molecule has 0 saturated heterocycles. The molecule has 3 nitrogen and oxygen atoms in total. The summed E-state index contributed by atoms with van der Waals surface area (Å²) >= 11 is 0. The Kier molecular flexibility index (Phi) is 4.22. The van der Waals surface area contributed by atoms with Crippen LogP contribution in [-0.4, -0.2) is 12.6 Å². The molecule has 0 spiro atoms. The molecule has 0 heterocycles. The second kappa shape index (κ2) is 5.66. The molecule has 0 aliphatic carbocycles. The van der Waals surface area contributed by atoms with Crippen LogP contribution in [0, 0.1) is 17.1 Å². The molecule has 0 radical (unpaired) electrons. The van der Waals surface area contributed by atoms with E-state index < -0.39 is 11.8 Å². The Morgan fingerprint density at radius 3 is 2.94 bits per heavy atom. The predicted molar refractivity (Wildman–Crippen MR) is 56.8 cm³/mol. The summed E-state index contributed by atoms with van der Waals surface area (Å²) in [5.41, 5.74) is 0.660. The lowest BCUT2D eigenvalue weighted by Crippen LogP contribution is -1.98. The number of ether oxygens (including phenoxy) is 1. The van der Waals surface area contributed by atoms with Crippen molar-refractivity contribution in [3.8, 4) is 6.07 Å². The fourth-order valence-electron chi connectivity index (χ4n) is 1.13. The van der Waals surface area contributed by atoms with Gasteiger partial charge in [0.05, 0.1) is 18.2 Å². The standard InChI is InChI=1S/C12H10FNO2/c1-2-16-12(15)4-3-9-5-10(8-14)7-11(13)6-9/h3-7H,2H2,1H3. The third-order valence-corrected chi connectivity index (χ3v) is 1.75. The first kappa shape index (κ1) is 11.9. The summed E-state index contributed by atoms with van der Waals surface area (Å²) in [6, 6.07) is 5.68. The van der Waals surface area contributed by atoms with E-state index in [2.05, 4.69) is 4.74 Å². The van der Waals surface area contributed by atoms with Gasteiger partial charge in [-0.2, -0.15) is 5.26 Å². The summed E-state index contributed by atoms with van der Waals surface area (Å²) in [5, 5.41) is 8.62. The van der Waals surface area contributed by atoms with Crippen molar-refractivity contribution in [2.75, 3.05) is 6.61 Å². The number of rotatable bonds is 3. The van der Waals surface area contributed by atoms with E-state index in [1.165, 1.54) is 24.3 Å². The quantitative estimate of drug-likeness (QED) is 0.578. The summed E-state index contributed by atoms with van der Waals surface area (Å²) in [7, 11) is 0. The Bertz CT molecular complexity index is 461. The number of halogens is 1. The van der Waals surface area contributed by atoms with Gasteiger partial charge in [-0.05, 0) is 36.8 Å². The van der Waals surface area contributed by atoms with Gasteiger partial charge in [-0.15, -0.1) is 0 Å². The van der Waals surface area contributed by atoms with E-state index in [1.54, 1.807) is 6.92 Å². The number of esters is 1. The Morgan fingerprint density at radius 1 is 1.56 bits per heavy atom. The average molecular weight is 219 g/mol. The monoisotopic (exact) mass is 219 g/mol. The van der Waals surface area contributed by atoms with Crippen LogP contribution in [-0.2, 0) is 9.53 Å². The maximum Gasteiger partial charge on any atom is 0.330 e. The summed E-state index contributed by atoms with van der Waals surface area (Å²) in [4.78, 5) is 11.0. The molecule has 0 saturated carbocycles. The van der Waals surface area contributed by atoms with Crippen molar-refractivity contribution in [3.05, 3.63) is 41.2 Å². The minimum absolute atomic E-state index is 0.212. The van der Waals surface area contributed by atoms with Gasteiger partial charge in [0.15, 0.2) is 0 Å². The molecule has 1 aromatic rings. The van der Waals surface area contributed by atoms with Gasteiger partial charge in [0.1, 0.15) is 5.82 Å². The SMILES string of the molecule is CCOC(=O)C=Cc1cc(F)cc(C#N)c1. The molecule has 0 atom stereocenters. The molecule has 0 aromatic heterocycles. The third-order valence-electron chi connectivity index (χ3n) is 1.75. The van der Waals surface area contributed by atoms with Gasteiger partial charge < -0.3 is 4.74 Å². The summed E-state index contributed by atoms with van der Waals surface area (Å²) in [6.45, 7) is 1.98. The van der Waals surface area contributed by atoms with E-state index in [1.807, 2.05) is 6.07 Å². The molecule has 16 heavy (non-hydrogen) atoms. The van der Waals surface area contributed by atoms with Crippen LogP contribution in [0.25, 0.3) is 6.08 Å². The van der Waals surface area contributed by atoms with Crippen LogP contribution < -0.4 is 0 Å². The average Bonchev–Trinajstić information content (AvgIpc) is 2.26. The Morgan fingerprint density at radius 2 is 2.31 bits per heavy atom. The molecular weight excluding hydrogens is 209 g/mol. The second-order valence-electron chi connectivity index (χ2n) is 2.97. The van der Waals surface area contributed by atoms with Crippen molar-refractivity contribution in [1.29, 1.82) is 5.26 Å². The lowest BCUT2D eigenvalue weighted by atomic mass is 10.1. The molecule has 1 rings (SSSR count). The Labute approximate surface area is 92.8 Å². The van der Waals surface area contributed by atoms with Gasteiger partial charge in [0.25, 0.3) is 0 Å². The number of nitrogens with zero attached hydrogens (tertiary/aromatic N) is 1. The third kappa shape index (κ3) is 3.54. The zero-order valence-corrected chi connectivity index (χ0v) is 8.74. The maximum absolute atomic E-state index is 13.0. The van der Waals surface area contributed by atoms with Crippen molar-refractivity contribution in [1.82, 2.24) is 0 Å². The minimum Gasteiger partial charge on any atom is -0.463 e. The highest BCUT2D eigenvalue weighted by molar-refractivity contribution is 5.87. The molecule has 4 heteroatoms. The number of hydrogen-bond acceptors (Lipinski definition) is 3. The normalized spacial score (nSPS) is 10.1. The maximum atomic E-state index is 13.0. The number of benzene rings is 1. The second-order valence-corrected chi connectivity index (χ2v) is 2.97. The lowest BCUT2D eigenvalue weighted by molar-refractivity contribution is -0.137. The highest BCUT2D eigenvalue weighted by Gasteiger charge is 1.99. The van der Waals surface area contributed by atoms with E-state index in [0.717, 1.165) is 6.07 Å². The van der Waals surface area contributed by atoms with Crippen LogP contribution in [0.1, 0.15) is 18.1 Å². The molecule has 0 fully saturated rings. The number of hydrogen-bond donors (Lipinski definition) is 0. The fraction of sp³-hybridized carbons (Fsp3) is 0.167. The Balaban J connectivity index is 2.85. The van der Waals surface area contributed by atoms with Crippen LogP contribution in [0.5, 0.6) is 0 Å². The predicted octanol–water partition coefficient (Wildman–Crippen LogP) is 2.27. The van der Waals surface area contributed by atoms with E-state index >= 15 is 0 Å². The molecule has 0 N–H and O–H groups in total. The summed E-state index contributed by atoms with van der Waals surface area (Å²) in [5.74, 6) is -1.01. The van der Waals surface area contributed by atoms with Crippen molar-refractivity contribution in [3.63, 3.8) is 0 Å². The van der Waals surface area contributed by atoms with Gasteiger partial charge >= 0.3 is 5.97 Å². The molecular formula is C12H10FNO2. The van der Waals surface area contributed by atoms with Crippen molar-refractivity contribution in [2.24, 2.45) is 0 Å². The Hall–Kier alpha value is -2.15. The van der Waals surface area contributed by atoms with Crippen molar-refractivity contribution < 1.29 is 13.9 Å². The highest BCUT2D eigenvalue weighted by Crippen LogP contribution is 2.10. The molecule has 82 valence electrons. The van der Waals surface area contributed by atoms with Crippen molar-refractivity contribution >= 4 is 12.0 Å². The highest BCUT2D eigenvalue weighted by atomic mass is 19.1. The van der Waals surface area contributed by atoms with Crippen LogP contribution in [0.15, 0.2) is 24.3 Å². The largest absolute Gasteiger partial charge is 0.463 e. The first-order valence-corrected chi connectivity index (χ1v) is 4.71. The fourth-order valence-corrected chi connectivity index (χ4v) is 1.13. The van der Waals surface area contributed by atoms with Crippen LogP contribution in [0.4, 0.5) is 4.39 Å². The van der Waals surface area contributed by atoms with E-state index in [0.29, 0.717) is 5.56 Å². The summed E-state index contributed by atoms with van der Waals surface area (Å²) in [6.07, 6.45) is 2.60. The van der Waals surface area contributed by atoms with Crippen molar-refractivity contribution in [2.45, 2.75) is 6.92 Å². The van der Waals surface area contributed by atoms with E-state index in [4.69, 9.17) is 5.26 Å². The van der Waals surface area contributed by atoms with Crippen LogP contribution in [0.2, 0.25) is 0 Å². The van der Waals surface area contributed by atoms with Gasteiger partial charge in [-0.25, -0.2) is 9.18 Å². The van der Waals surface area contributed by atoms with Crippen LogP contribution >= 0.6 is 0 Å². The smallest absolute Gasteiger partial charge is 0.330 e. The number of nitriles is 1. The molecule has 0 aliphatic rings. The van der Waals surface area contributed by atoms with E-state index in [9.17, 15) is 9.18 Å². The van der Waals surface area contributed by atoms with Gasteiger partial charge in [0, 0.05) is 6.08 Å². The molecule has 1 aromatic carbocycles. The number of carbonyl (C=O) groups is 1. The summed E-state index contributed by atoms with van der Waals surface area (Å²) < 4.78 is 17.7. The molecule has 0 amide bonds. The molecule has 0 unspecified atom stereocenters. The lowest BCUT2D eigenvalue weighted by Gasteiger charge is -1.97. The molecule has 0 bridgehead atoms. The van der Waals surface area contributed by atoms with E-state index in [-0.39, 0.29) is 12.2 Å². The number of carbonyl (C=O) groups excluding carboxylic acids is 1. The first-order chi connectivity index (χ1) is 7.65. The zero-order valence-electron chi connectivity index (χ0n) is 8.74.